The molecule has 1 N–H and O–H groups in total. The summed E-state index contributed by atoms with van der Waals surface area (Å²) in [5.74, 6) is -0.190. The Kier molecular flexibility index (Phi) is 4.11. The number of halogens is 1. The fourth-order valence-corrected chi connectivity index (χ4v) is 1.85. The first-order chi connectivity index (χ1) is 8.65. The van der Waals surface area contributed by atoms with Gasteiger partial charge in [-0.2, -0.15) is 0 Å². The molecule has 0 aromatic heterocycles. The average molecular weight is 243 g/mol. The van der Waals surface area contributed by atoms with Gasteiger partial charge in [-0.15, -0.1) is 0 Å². The molecule has 0 fully saturated rings. The monoisotopic (exact) mass is 243 g/mol. The van der Waals surface area contributed by atoms with Crippen molar-refractivity contribution < 1.29 is 4.39 Å². The van der Waals surface area contributed by atoms with Crippen molar-refractivity contribution in [3.8, 4) is 0 Å². The Bertz CT molecular complexity index is 488. The summed E-state index contributed by atoms with van der Waals surface area (Å²) in [7, 11) is 0. The molecule has 0 aliphatic heterocycles. The Morgan fingerprint density at radius 1 is 1.00 bits per heavy atom. The second-order valence-electron chi connectivity index (χ2n) is 4.64. The zero-order valence-electron chi connectivity index (χ0n) is 10.8. The molecule has 0 heterocycles. The first-order valence-electron chi connectivity index (χ1n) is 6.19. The van der Waals surface area contributed by atoms with Gasteiger partial charge in [-0.1, -0.05) is 42.0 Å². The molecular formula is C16H18FN. The largest absolute Gasteiger partial charge is 0.306 e. The van der Waals surface area contributed by atoms with E-state index in [1.54, 1.807) is 0 Å². The lowest BCUT2D eigenvalue weighted by atomic mass is 10.1. The quantitative estimate of drug-likeness (QED) is 0.856. The number of rotatable bonds is 4. The molecule has 0 amide bonds. The van der Waals surface area contributed by atoms with Crippen molar-refractivity contribution in [1.29, 1.82) is 0 Å². The fourth-order valence-electron chi connectivity index (χ4n) is 1.85. The van der Waals surface area contributed by atoms with Gasteiger partial charge in [0, 0.05) is 12.6 Å². The highest BCUT2D eigenvalue weighted by Gasteiger charge is 2.04. The third-order valence-corrected chi connectivity index (χ3v) is 3.10. The highest BCUT2D eigenvalue weighted by atomic mass is 19.1. The molecule has 2 aromatic carbocycles. The number of hydrogen-bond acceptors (Lipinski definition) is 1. The van der Waals surface area contributed by atoms with E-state index in [1.165, 1.54) is 23.3 Å². The maximum atomic E-state index is 12.8. The molecule has 94 valence electrons. The van der Waals surface area contributed by atoms with Crippen LogP contribution in [0.25, 0.3) is 0 Å². The molecule has 0 saturated heterocycles. The predicted octanol–water partition coefficient (Wildman–Crippen LogP) is 3.98. The van der Waals surface area contributed by atoms with E-state index in [4.69, 9.17) is 0 Å². The van der Waals surface area contributed by atoms with E-state index in [1.807, 2.05) is 12.1 Å². The summed E-state index contributed by atoms with van der Waals surface area (Å²) in [4.78, 5) is 0. The Morgan fingerprint density at radius 2 is 1.61 bits per heavy atom. The van der Waals surface area contributed by atoms with Gasteiger partial charge in [0.05, 0.1) is 0 Å². The van der Waals surface area contributed by atoms with Crippen molar-refractivity contribution in [2.45, 2.75) is 26.4 Å². The van der Waals surface area contributed by atoms with E-state index in [2.05, 4.69) is 43.4 Å². The topological polar surface area (TPSA) is 12.0 Å². The molecule has 18 heavy (non-hydrogen) atoms. The summed E-state index contributed by atoms with van der Waals surface area (Å²) in [6, 6.07) is 15.3. The summed E-state index contributed by atoms with van der Waals surface area (Å²) in [5.41, 5.74) is 3.63. The number of benzene rings is 2. The van der Waals surface area contributed by atoms with Gasteiger partial charge in [0.2, 0.25) is 0 Å². The Labute approximate surface area is 108 Å². The first-order valence-corrected chi connectivity index (χ1v) is 6.19. The highest BCUT2D eigenvalue weighted by Crippen LogP contribution is 2.13. The van der Waals surface area contributed by atoms with E-state index in [9.17, 15) is 4.39 Å². The lowest BCUT2D eigenvalue weighted by Crippen LogP contribution is -2.18. The van der Waals surface area contributed by atoms with Crippen LogP contribution in [0, 0.1) is 12.7 Å². The zero-order valence-corrected chi connectivity index (χ0v) is 10.8. The van der Waals surface area contributed by atoms with E-state index in [0.717, 1.165) is 12.1 Å². The molecular weight excluding hydrogens is 225 g/mol. The molecule has 0 saturated carbocycles. The lowest BCUT2D eigenvalue weighted by Gasteiger charge is -2.14. The normalized spacial score (nSPS) is 12.4. The van der Waals surface area contributed by atoms with Gasteiger partial charge >= 0.3 is 0 Å². The van der Waals surface area contributed by atoms with Crippen LogP contribution in [0.1, 0.15) is 29.7 Å². The number of hydrogen-bond donors (Lipinski definition) is 1. The van der Waals surface area contributed by atoms with Crippen LogP contribution in [0.15, 0.2) is 48.5 Å². The maximum Gasteiger partial charge on any atom is 0.123 e. The van der Waals surface area contributed by atoms with Crippen LogP contribution in [-0.4, -0.2) is 0 Å². The van der Waals surface area contributed by atoms with Crippen molar-refractivity contribution in [1.82, 2.24) is 5.32 Å². The molecule has 2 heteroatoms. The van der Waals surface area contributed by atoms with Crippen LogP contribution in [0.3, 0.4) is 0 Å². The van der Waals surface area contributed by atoms with Gasteiger partial charge in [0.25, 0.3) is 0 Å². The predicted molar refractivity (Wildman–Crippen MR) is 72.8 cm³/mol. The van der Waals surface area contributed by atoms with Crippen LogP contribution in [0.2, 0.25) is 0 Å². The highest BCUT2D eigenvalue weighted by molar-refractivity contribution is 5.22. The number of nitrogens with one attached hydrogen (secondary N) is 1. The maximum absolute atomic E-state index is 12.8. The van der Waals surface area contributed by atoms with Crippen LogP contribution < -0.4 is 5.32 Å². The Morgan fingerprint density at radius 3 is 2.22 bits per heavy atom. The van der Waals surface area contributed by atoms with Gasteiger partial charge in [0.15, 0.2) is 0 Å². The van der Waals surface area contributed by atoms with Gasteiger partial charge < -0.3 is 5.32 Å². The SMILES string of the molecule is Cc1ccc(CNC(C)c2ccc(F)cc2)cc1. The van der Waals surface area contributed by atoms with Gasteiger partial charge in [-0.25, -0.2) is 4.39 Å². The lowest BCUT2D eigenvalue weighted by molar-refractivity contribution is 0.571. The van der Waals surface area contributed by atoms with Crippen molar-refractivity contribution in [2.75, 3.05) is 0 Å². The molecule has 0 spiro atoms. The molecule has 1 unspecified atom stereocenters. The Balaban J connectivity index is 1.93. The second-order valence-corrected chi connectivity index (χ2v) is 4.64. The zero-order chi connectivity index (χ0) is 13.0. The Hall–Kier alpha value is -1.67. The smallest absolute Gasteiger partial charge is 0.123 e. The standard InChI is InChI=1S/C16H18FN/c1-12-3-5-14(6-4-12)11-18-13(2)15-7-9-16(17)10-8-15/h3-10,13,18H,11H2,1-2H3. The minimum absolute atomic E-state index is 0.190. The van der Waals surface area contributed by atoms with Crippen molar-refractivity contribution >= 4 is 0 Å². The van der Waals surface area contributed by atoms with Crippen molar-refractivity contribution in [3.05, 3.63) is 71.0 Å². The summed E-state index contributed by atoms with van der Waals surface area (Å²) in [5, 5.41) is 3.43. The van der Waals surface area contributed by atoms with Gasteiger partial charge in [0.1, 0.15) is 5.82 Å². The van der Waals surface area contributed by atoms with Crippen LogP contribution >= 0.6 is 0 Å². The minimum Gasteiger partial charge on any atom is -0.306 e. The van der Waals surface area contributed by atoms with Crippen molar-refractivity contribution in [2.24, 2.45) is 0 Å². The third kappa shape index (κ3) is 3.41. The summed E-state index contributed by atoms with van der Waals surface area (Å²) < 4.78 is 12.8. The molecule has 0 aliphatic rings. The van der Waals surface area contributed by atoms with E-state index < -0.39 is 0 Å². The molecule has 2 aromatic rings. The number of aryl methyl sites for hydroxylation is 1. The molecule has 1 atom stereocenters. The van der Waals surface area contributed by atoms with E-state index in [0.29, 0.717) is 0 Å². The average Bonchev–Trinajstić information content (AvgIpc) is 2.38. The molecule has 0 radical (unpaired) electrons. The summed E-state index contributed by atoms with van der Waals surface area (Å²) in [6.07, 6.45) is 0. The molecule has 0 bridgehead atoms. The van der Waals surface area contributed by atoms with Crippen LogP contribution in [0.4, 0.5) is 4.39 Å². The molecule has 2 rings (SSSR count). The molecule has 0 aliphatic carbocycles. The van der Waals surface area contributed by atoms with Crippen molar-refractivity contribution in [3.63, 3.8) is 0 Å². The molecule has 1 nitrogen and oxygen atoms in total. The first kappa shape index (κ1) is 12.8. The fraction of sp³-hybridized carbons (Fsp3) is 0.250. The summed E-state index contributed by atoms with van der Waals surface area (Å²) in [6.45, 7) is 4.98. The third-order valence-electron chi connectivity index (χ3n) is 3.10. The van der Waals surface area contributed by atoms with E-state index in [-0.39, 0.29) is 11.9 Å². The van der Waals surface area contributed by atoms with Gasteiger partial charge in [-0.05, 0) is 37.1 Å². The van der Waals surface area contributed by atoms with E-state index >= 15 is 0 Å². The van der Waals surface area contributed by atoms with Gasteiger partial charge in [-0.3, -0.25) is 0 Å². The second kappa shape index (κ2) is 5.78. The summed E-state index contributed by atoms with van der Waals surface area (Å²) >= 11 is 0. The van der Waals surface area contributed by atoms with Crippen LogP contribution in [-0.2, 0) is 6.54 Å². The van der Waals surface area contributed by atoms with Crippen LogP contribution in [0.5, 0.6) is 0 Å². The minimum atomic E-state index is -0.190.